The molecular formula is C18H28N2S. The molecule has 0 radical (unpaired) electrons. The summed E-state index contributed by atoms with van der Waals surface area (Å²) in [5.41, 5.74) is 0. The lowest BCUT2D eigenvalue weighted by Crippen LogP contribution is -2.40. The lowest BCUT2D eigenvalue weighted by molar-refractivity contribution is 0.292. The highest BCUT2D eigenvalue weighted by molar-refractivity contribution is 7.19. The molecule has 0 saturated carbocycles. The minimum Gasteiger partial charge on any atom is -0.308 e. The van der Waals surface area contributed by atoms with Crippen molar-refractivity contribution in [3.05, 3.63) is 35.2 Å². The maximum atomic E-state index is 3.83. The summed E-state index contributed by atoms with van der Waals surface area (Å²) in [6.45, 7) is 7.98. The van der Waals surface area contributed by atoms with Gasteiger partial charge in [0, 0.05) is 28.2 Å². The summed E-state index contributed by atoms with van der Waals surface area (Å²) in [4.78, 5) is 3.71. The first kappa shape index (κ1) is 16.5. The molecular weight excluding hydrogens is 276 g/mol. The summed E-state index contributed by atoms with van der Waals surface area (Å²) in [6.07, 6.45) is 1.22. The van der Waals surface area contributed by atoms with Crippen LogP contribution >= 0.6 is 11.3 Å². The van der Waals surface area contributed by atoms with Crippen LogP contribution in [0.15, 0.2) is 30.3 Å². The minimum atomic E-state index is 0.408. The molecule has 0 aliphatic carbocycles. The van der Waals surface area contributed by atoms with Crippen LogP contribution < -0.4 is 5.32 Å². The molecule has 2 unspecified atom stereocenters. The molecule has 0 spiro atoms. The molecule has 1 aromatic heterocycles. The van der Waals surface area contributed by atoms with Gasteiger partial charge in [-0.15, -0.1) is 11.3 Å². The van der Waals surface area contributed by atoms with Gasteiger partial charge in [-0.3, -0.25) is 0 Å². The number of fused-ring (bicyclic) bond motifs is 1. The molecule has 21 heavy (non-hydrogen) atoms. The summed E-state index contributed by atoms with van der Waals surface area (Å²) in [7, 11) is 4.30. The van der Waals surface area contributed by atoms with Gasteiger partial charge >= 0.3 is 0 Å². The standard InChI is InChI=1S/C18H28N2S/c1-13(2)10-16(12-20(4)5)19-14(3)18-11-15-8-6-7-9-17(15)21-18/h6-9,11,13-14,16,19H,10,12H2,1-5H3. The number of likely N-dealkylation sites (N-methyl/N-ethyl adjacent to an activating group) is 1. The first-order valence-electron chi connectivity index (χ1n) is 7.85. The van der Waals surface area contributed by atoms with E-state index in [1.807, 2.05) is 11.3 Å². The molecule has 0 fully saturated rings. The predicted molar refractivity (Wildman–Crippen MR) is 95.2 cm³/mol. The van der Waals surface area contributed by atoms with E-state index in [1.54, 1.807) is 0 Å². The minimum absolute atomic E-state index is 0.408. The summed E-state index contributed by atoms with van der Waals surface area (Å²) >= 11 is 1.91. The van der Waals surface area contributed by atoms with Crippen LogP contribution in [0, 0.1) is 5.92 Å². The van der Waals surface area contributed by atoms with Gasteiger partial charge in [-0.05, 0) is 50.9 Å². The van der Waals surface area contributed by atoms with Crippen LogP contribution in [-0.2, 0) is 0 Å². The van der Waals surface area contributed by atoms with E-state index in [1.165, 1.54) is 21.4 Å². The Hall–Kier alpha value is -0.900. The summed E-state index contributed by atoms with van der Waals surface area (Å²) in [5.74, 6) is 0.719. The molecule has 116 valence electrons. The summed E-state index contributed by atoms with van der Waals surface area (Å²) in [6, 6.07) is 11.9. The number of thiophene rings is 1. The normalized spacial score (nSPS) is 15.0. The Kier molecular flexibility index (Phi) is 5.80. The van der Waals surface area contributed by atoms with Gasteiger partial charge in [0.15, 0.2) is 0 Å². The van der Waals surface area contributed by atoms with Gasteiger partial charge in [0.2, 0.25) is 0 Å². The average Bonchev–Trinajstić information content (AvgIpc) is 2.80. The highest BCUT2D eigenvalue weighted by Gasteiger charge is 2.17. The summed E-state index contributed by atoms with van der Waals surface area (Å²) in [5, 5.41) is 5.19. The second kappa shape index (κ2) is 7.39. The van der Waals surface area contributed by atoms with Crippen molar-refractivity contribution >= 4 is 21.4 Å². The molecule has 1 aromatic carbocycles. The highest BCUT2D eigenvalue weighted by Crippen LogP contribution is 2.30. The Balaban J connectivity index is 2.07. The van der Waals surface area contributed by atoms with E-state index in [4.69, 9.17) is 0 Å². The Bertz CT molecular complexity index is 516. The van der Waals surface area contributed by atoms with Crippen molar-refractivity contribution < 1.29 is 0 Å². The molecule has 1 heterocycles. The van der Waals surface area contributed by atoms with Crippen molar-refractivity contribution in [3.63, 3.8) is 0 Å². The van der Waals surface area contributed by atoms with Crippen molar-refractivity contribution in [1.29, 1.82) is 0 Å². The molecule has 2 aromatic rings. The average molecular weight is 305 g/mol. The monoisotopic (exact) mass is 304 g/mol. The van der Waals surface area contributed by atoms with Gasteiger partial charge in [0.05, 0.1) is 0 Å². The molecule has 2 rings (SSSR count). The van der Waals surface area contributed by atoms with E-state index in [0.29, 0.717) is 12.1 Å². The van der Waals surface area contributed by atoms with Crippen molar-refractivity contribution in [2.45, 2.75) is 39.3 Å². The van der Waals surface area contributed by atoms with Gasteiger partial charge < -0.3 is 10.2 Å². The van der Waals surface area contributed by atoms with Crippen LogP contribution in [0.1, 0.15) is 38.1 Å². The largest absolute Gasteiger partial charge is 0.308 e. The molecule has 0 bridgehead atoms. The number of hydrogen-bond acceptors (Lipinski definition) is 3. The number of nitrogens with one attached hydrogen (secondary N) is 1. The van der Waals surface area contributed by atoms with E-state index in [0.717, 1.165) is 12.5 Å². The lowest BCUT2D eigenvalue weighted by atomic mass is 10.0. The Morgan fingerprint density at radius 1 is 1.14 bits per heavy atom. The Morgan fingerprint density at radius 2 is 1.86 bits per heavy atom. The van der Waals surface area contributed by atoms with E-state index >= 15 is 0 Å². The molecule has 0 amide bonds. The fraction of sp³-hybridized carbons (Fsp3) is 0.556. The van der Waals surface area contributed by atoms with Crippen molar-refractivity contribution in [2.24, 2.45) is 5.92 Å². The Morgan fingerprint density at radius 3 is 2.48 bits per heavy atom. The van der Waals surface area contributed by atoms with Crippen molar-refractivity contribution in [3.8, 4) is 0 Å². The third kappa shape index (κ3) is 4.80. The van der Waals surface area contributed by atoms with E-state index < -0.39 is 0 Å². The third-order valence-electron chi connectivity index (χ3n) is 3.70. The highest BCUT2D eigenvalue weighted by atomic mass is 32.1. The van der Waals surface area contributed by atoms with Crippen LogP contribution in [-0.4, -0.2) is 31.6 Å². The van der Waals surface area contributed by atoms with Gasteiger partial charge in [-0.25, -0.2) is 0 Å². The summed E-state index contributed by atoms with van der Waals surface area (Å²) < 4.78 is 1.38. The van der Waals surface area contributed by atoms with Gasteiger partial charge in [0.25, 0.3) is 0 Å². The second-order valence-electron chi connectivity index (χ2n) is 6.66. The molecule has 0 aliphatic rings. The topological polar surface area (TPSA) is 15.3 Å². The van der Waals surface area contributed by atoms with Gasteiger partial charge in [-0.1, -0.05) is 32.0 Å². The molecule has 0 saturated heterocycles. The molecule has 0 aliphatic heterocycles. The van der Waals surface area contributed by atoms with E-state index in [2.05, 4.69) is 75.4 Å². The molecule has 2 nitrogen and oxygen atoms in total. The van der Waals surface area contributed by atoms with E-state index in [9.17, 15) is 0 Å². The zero-order valence-electron chi connectivity index (χ0n) is 13.9. The SMILES string of the molecule is CC(C)CC(CN(C)C)NC(C)c1cc2ccccc2s1. The van der Waals surface area contributed by atoms with E-state index in [-0.39, 0.29) is 0 Å². The first-order valence-corrected chi connectivity index (χ1v) is 8.66. The van der Waals surface area contributed by atoms with Crippen LogP contribution in [0.5, 0.6) is 0 Å². The fourth-order valence-corrected chi connectivity index (χ4v) is 3.93. The first-order chi connectivity index (χ1) is 9.95. The van der Waals surface area contributed by atoms with Crippen LogP contribution in [0.25, 0.3) is 10.1 Å². The third-order valence-corrected chi connectivity index (χ3v) is 5.00. The predicted octanol–water partition coefficient (Wildman–Crippen LogP) is 4.53. The maximum absolute atomic E-state index is 3.83. The number of rotatable bonds is 7. The molecule has 3 heteroatoms. The van der Waals surface area contributed by atoms with Crippen molar-refractivity contribution in [2.75, 3.05) is 20.6 Å². The zero-order chi connectivity index (χ0) is 15.4. The van der Waals surface area contributed by atoms with Crippen LogP contribution in [0.4, 0.5) is 0 Å². The second-order valence-corrected chi connectivity index (χ2v) is 7.78. The number of benzene rings is 1. The lowest BCUT2D eigenvalue weighted by Gasteiger charge is -2.27. The number of hydrogen-bond donors (Lipinski definition) is 1. The molecule has 2 atom stereocenters. The van der Waals surface area contributed by atoms with Crippen molar-refractivity contribution in [1.82, 2.24) is 10.2 Å². The van der Waals surface area contributed by atoms with Crippen LogP contribution in [0.2, 0.25) is 0 Å². The van der Waals surface area contributed by atoms with Gasteiger partial charge in [-0.2, -0.15) is 0 Å². The number of nitrogens with zero attached hydrogens (tertiary/aromatic N) is 1. The zero-order valence-corrected chi connectivity index (χ0v) is 14.7. The quantitative estimate of drug-likeness (QED) is 0.808. The van der Waals surface area contributed by atoms with Crippen LogP contribution in [0.3, 0.4) is 0 Å². The fourth-order valence-electron chi connectivity index (χ4n) is 2.86. The maximum Gasteiger partial charge on any atom is 0.0389 e. The molecule has 1 N–H and O–H groups in total. The Labute approximate surface area is 133 Å². The van der Waals surface area contributed by atoms with Gasteiger partial charge in [0.1, 0.15) is 0 Å². The smallest absolute Gasteiger partial charge is 0.0389 e.